The van der Waals surface area contributed by atoms with Gasteiger partial charge in [-0.3, -0.25) is 19.7 Å². The van der Waals surface area contributed by atoms with Crippen molar-refractivity contribution in [3.05, 3.63) is 98.0 Å². The standard InChI is InChI=1S/C24H16Cl2N4O5/c25-20-9-8-18(12-21(20)26)28-23(31)14-35-22-7-2-1-4-15(22)10-16(13-27)24(32)29-17-5-3-6-19(11-17)30(33)34/h1-12H,14H2,(H,28,31)(H,29,32)/b16-10-. The van der Waals surface area contributed by atoms with Gasteiger partial charge < -0.3 is 15.4 Å². The van der Waals surface area contributed by atoms with Crippen LogP contribution < -0.4 is 15.4 Å². The average Bonchev–Trinajstić information content (AvgIpc) is 2.84. The zero-order valence-electron chi connectivity index (χ0n) is 17.8. The van der Waals surface area contributed by atoms with Gasteiger partial charge in [0.2, 0.25) is 0 Å². The quantitative estimate of drug-likeness (QED) is 0.178. The number of nitro groups is 1. The summed E-state index contributed by atoms with van der Waals surface area (Å²) in [6.45, 7) is -0.354. The minimum absolute atomic E-state index is 0.161. The predicted molar refractivity (Wildman–Crippen MR) is 132 cm³/mol. The Morgan fingerprint density at radius 3 is 2.46 bits per heavy atom. The molecule has 0 heterocycles. The molecule has 0 saturated heterocycles. The Balaban J connectivity index is 1.71. The second-order valence-corrected chi connectivity index (χ2v) is 7.75. The minimum atomic E-state index is -0.764. The smallest absolute Gasteiger partial charge is 0.271 e. The van der Waals surface area contributed by atoms with Crippen LogP contribution in [0.1, 0.15) is 5.56 Å². The lowest BCUT2D eigenvalue weighted by atomic mass is 10.1. The zero-order chi connectivity index (χ0) is 25.4. The molecule has 0 aliphatic rings. The Kier molecular flexibility index (Phi) is 8.40. The molecule has 0 atom stereocenters. The monoisotopic (exact) mass is 510 g/mol. The highest BCUT2D eigenvalue weighted by Gasteiger charge is 2.14. The lowest BCUT2D eigenvalue weighted by molar-refractivity contribution is -0.384. The van der Waals surface area contributed by atoms with Gasteiger partial charge in [0.15, 0.2) is 6.61 Å². The Bertz CT molecular complexity index is 1370. The van der Waals surface area contributed by atoms with Crippen LogP contribution in [0.15, 0.2) is 72.3 Å². The number of ether oxygens (including phenoxy) is 1. The summed E-state index contributed by atoms with van der Waals surface area (Å²) in [5, 5.41) is 26.1. The Morgan fingerprint density at radius 1 is 1.00 bits per heavy atom. The highest BCUT2D eigenvalue weighted by molar-refractivity contribution is 6.42. The van der Waals surface area contributed by atoms with Crippen molar-refractivity contribution in [1.29, 1.82) is 5.26 Å². The number of non-ortho nitro benzene ring substituents is 1. The van der Waals surface area contributed by atoms with E-state index in [1.54, 1.807) is 42.5 Å². The first-order valence-electron chi connectivity index (χ1n) is 9.91. The fourth-order valence-electron chi connectivity index (χ4n) is 2.85. The van der Waals surface area contributed by atoms with Crippen molar-refractivity contribution < 1.29 is 19.2 Å². The molecule has 11 heteroatoms. The van der Waals surface area contributed by atoms with Crippen LogP contribution in [0.2, 0.25) is 10.0 Å². The van der Waals surface area contributed by atoms with E-state index in [1.807, 2.05) is 0 Å². The third-order valence-electron chi connectivity index (χ3n) is 4.46. The predicted octanol–water partition coefficient (Wildman–Crippen LogP) is 5.46. The summed E-state index contributed by atoms with van der Waals surface area (Å²) in [7, 11) is 0. The van der Waals surface area contributed by atoms with Gasteiger partial charge in [0, 0.05) is 29.1 Å². The van der Waals surface area contributed by atoms with Gasteiger partial charge in [0.25, 0.3) is 17.5 Å². The summed E-state index contributed by atoms with van der Waals surface area (Å²) in [6, 6.07) is 18.3. The number of halogens is 2. The van der Waals surface area contributed by atoms with Gasteiger partial charge in [0.1, 0.15) is 17.4 Å². The number of amides is 2. The molecule has 0 fully saturated rings. The number of nitriles is 1. The summed E-state index contributed by atoms with van der Waals surface area (Å²) in [6.07, 6.45) is 1.29. The van der Waals surface area contributed by atoms with E-state index in [4.69, 9.17) is 27.9 Å². The van der Waals surface area contributed by atoms with E-state index in [9.17, 15) is 25.0 Å². The van der Waals surface area contributed by atoms with Crippen molar-refractivity contribution in [3.8, 4) is 11.8 Å². The topological polar surface area (TPSA) is 134 Å². The van der Waals surface area contributed by atoms with Crippen LogP contribution in [0.4, 0.5) is 17.1 Å². The average molecular weight is 511 g/mol. The number of carbonyl (C=O) groups is 2. The molecule has 0 spiro atoms. The number of nitrogens with one attached hydrogen (secondary N) is 2. The van der Waals surface area contributed by atoms with E-state index in [0.29, 0.717) is 16.3 Å². The van der Waals surface area contributed by atoms with Crippen molar-refractivity contribution >= 4 is 58.2 Å². The largest absolute Gasteiger partial charge is 0.483 e. The zero-order valence-corrected chi connectivity index (χ0v) is 19.3. The number of rotatable bonds is 8. The molecule has 0 radical (unpaired) electrons. The van der Waals surface area contributed by atoms with Gasteiger partial charge in [-0.25, -0.2) is 0 Å². The molecule has 9 nitrogen and oxygen atoms in total. The van der Waals surface area contributed by atoms with Crippen LogP contribution in [0.25, 0.3) is 6.08 Å². The summed E-state index contributed by atoms with van der Waals surface area (Å²) in [5.41, 5.74) is 0.496. The normalized spacial score (nSPS) is 10.7. The maximum Gasteiger partial charge on any atom is 0.271 e. The van der Waals surface area contributed by atoms with E-state index < -0.39 is 16.7 Å². The first kappa shape index (κ1) is 25.2. The van der Waals surface area contributed by atoms with Crippen molar-refractivity contribution in [2.45, 2.75) is 0 Å². The number of hydrogen-bond donors (Lipinski definition) is 2. The molecule has 3 aromatic carbocycles. The molecule has 176 valence electrons. The SMILES string of the molecule is N#C/C(=C/c1ccccc1OCC(=O)Nc1ccc(Cl)c(Cl)c1)C(=O)Nc1cccc([N+](=O)[O-])c1. The van der Waals surface area contributed by atoms with Gasteiger partial charge in [0.05, 0.1) is 15.0 Å². The number of nitro benzene ring substituents is 1. The van der Waals surface area contributed by atoms with Crippen LogP contribution in [-0.4, -0.2) is 23.3 Å². The molecule has 35 heavy (non-hydrogen) atoms. The van der Waals surface area contributed by atoms with Crippen LogP contribution in [0, 0.1) is 21.4 Å². The molecule has 2 amide bonds. The van der Waals surface area contributed by atoms with Gasteiger partial charge >= 0.3 is 0 Å². The second-order valence-electron chi connectivity index (χ2n) is 6.93. The molecule has 0 unspecified atom stereocenters. The highest BCUT2D eigenvalue weighted by atomic mass is 35.5. The van der Waals surface area contributed by atoms with Crippen molar-refractivity contribution in [2.24, 2.45) is 0 Å². The molecule has 0 bridgehead atoms. The van der Waals surface area contributed by atoms with Gasteiger partial charge in [-0.1, -0.05) is 47.5 Å². The number of hydrogen-bond acceptors (Lipinski definition) is 6. The maximum atomic E-state index is 12.6. The summed E-state index contributed by atoms with van der Waals surface area (Å²) in [4.78, 5) is 35.2. The van der Waals surface area contributed by atoms with Crippen molar-refractivity contribution in [1.82, 2.24) is 0 Å². The first-order valence-corrected chi connectivity index (χ1v) is 10.7. The minimum Gasteiger partial charge on any atom is -0.483 e. The second kappa shape index (κ2) is 11.7. The molecule has 0 aromatic heterocycles. The van der Waals surface area contributed by atoms with Gasteiger partial charge in [-0.05, 0) is 36.4 Å². The summed E-state index contributed by atoms with van der Waals surface area (Å²) < 4.78 is 5.58. The summed E-state index contributed by atoms with van der Waals surface area (Å²) >= 11 is 11.8. The van der Waals surface area contributed by atoms with E-state index in [1.165, 1.54) is 36.4 Å². The Morgan fingerprint density at radius 2 is 1.74 bits per heavy atom. The molecule has 0 aliphatic heterocycles. The lowest BCUT2D eigenvalue weighted by Gasteiger charge is -2.11. The van der Waals surface area contributed by atoms with Gasteiger partial charge in [-0.2, -0.15) is 5.26 Å². The van der Waals surface area contributed by atoms with Crippen LogP contribution in [0.3, 0.4) is 0 Å². The molecule has 2 N–H and O–H groups in total. The number of nitrogens with zero attached hydrogens (tertiary/aromatic N) is 2. The fraction of sp³-hybridized carbons (Fsp3) is 0.0417. The number of para-hydroxylation sites is 1. The number of anilines is 2. The highest BCUT2D eigenvalue weighted by Crippen LogP contribution is 2.25. The van der Waals surface area contributed by atoms with Crippen molar-refractivity contribution in [2.75, 3.05) is 17.2 Å². The fourth-order valence-corrected chi connectivity index (χ4v) is 3.14. The molecule has 3 rings (SSSR count). The molecular formula is C24H16Cl2N4O5. The van der Waals surface area contributed by atoms with E-state index in [2.05, 4.69) is 10.6 Å². The van der Waals surface area contributed by atoms with E-state index in [0.717, 1.165) is 0 Å². The van der Waals surface area contributed by atoms with Crippen LogP contribution >= 0.6 is 23.2 Å². The van der Waals surface area contributed by atoms with Crippen LogP contribution in [-0.2, 0) is 9.59 Å². The number of benzene rings is 3. The molecule has 3 aromatic rings. The summed E-state index contributed by atoms with van der Waals surface area (Å²) in [5.74, 6) is -0.973. The lowest BCUT2D eigenvalue weighted by Crippen LogP contribution is -2.20. The molecule has 0 saturated carbocycles. The Labute approximate surface area is 209 Å². The first-order chi connectivity index (χ1) is 16.8. The molecule has 0 aliphatic carbocycles. The third kappa shape index (κ3) is 7.04. The molecular weight excluding hydrogens is 495 g/mol. The van der Waals surface area contributed by atoms with Gasteiger partial charge in [-0.15, -0.1) is 0 Å². The van der Waals surface area contributed by atoms with E-state index in [-0.39, 0.29) is 34.3 Å². The Hall–Kier alpha value is -4.39. The van der Waals surface area contributed by atoms with Crippen LogP contribution in [0.5, 0.6) is 5.75 Å². The maximum absolute atomic E-state index is 12.6. The number of carbonyl (C=O) groups excluding carboxylic acids is 2. The third-order valence-corrected chi connectivity index (χ3v) is 5.20. The van der Waals surface area contributed by atoms with E-state index >= 15 is 0 Å². The van der Waals surface area contributed by atoms with Crippen molar-refractivity contribution in [3.63, 3.8) is 0 Å².